The summed E-state index contributed by atoms with van der Waals surface area (Å²) in [5, 5.41) is 7.73. The van der Waals surface area contributed by atoms with Crippen molar-refractivity contribution in [2.75, 3.05) is 14.2 Å². The number of methoxy groups -OCH3 is 2. The Morgan fingerprint density at radius 2 is 1.96 bits per heavy atom. The normalized spacial score (nSPS) is 20.4. The number of halogens is 1. The Labute approximate surface area is 164 Å². The quantitative estimate of drug-likeness (QED) is 0.723. The van der Waals surface area contributed by atoms with Gasteiger partial charge in [-0.25, -0.2) is 0 Å². The summed E-state index contributed by atoms with van der Waals surface area (Å²) >= 11 is 6.25. The van der Waals surface area contributed by atoms with E-state index in [4.69, 9.17) is 30.9 Å². The minimum atomic E-state index is -0.0636. The molecule has 0 aromatic heterocycles. The van der Waals surface area contributed by atoms with Crippen LogP contribution in [0.1, 0.15) is 43.4 Å². The van der Waals surface area contributed by atoms with Crippen LogP contribution < -0.4 is 14.2 Å². The minimum Gasteiger partial charge on any atom is -0.493 e. The fourth-order valence-electron chi connectivity index (χ4n) is 3.76. The summed E-state index contributed by atoms with van der Waals surface area (Å²) in [5.41, 5.74) is 3.13. The van der Waals surface area contributed by atoms with Crippen molar-refractivity contribution >= 4 is 17.3 Å². The van der Waals surface area contributed by atoms with E-state index >= 15 is 0 Å². The molecular weight excluding hydrogens is 364 g/mol. The second kappa shape index (κ2) is 7.31. The van der Waals surface area contributed by atoms with E-state index in [0.717, 1.165) is 41.9 Å². The minimum absolute atomic E-state index is 0.0636. The molecule has 5 nitrogen and oxygen atoms in total. The van der Waals surface area contributed by atoms with Crippen LogP contribution in [-0.2, 0) is 0 Å². The average Bonchev–Trinajstić information content (AvgIpc) is 3.14. The lowest BCUT2D eigenvalue weighted by molar-refractivity contribution is -0.0223. The van der Waals surface area contributed by atoms with Crippen molar-refractivity contribution in [3.8, 4) is 17.2 Å². The van der Waals surface area contributed by atoms with Crippen molar-refractivity contribution in [2.45, 2.75) is 38.5 Å². The third-order valence-electron chi connectivity index (χ3n) is 5.08. The largest absolute Gasteiger partial charge is 0.493 e. The van der Waals surface area contributed by atoms with Gasteiger partial charge in [-0.15, -0.1) is 0 Å². The molecule has 2 atom stereocenters. The van der Waals surface area contributed by atoms with Gasteiger partial charge in [0, 0.05) is 29.0 Å². The Morgan fingerprint density at radius 1 is 1.15 bits per heavy atom. The number of benzene rings is 2. The average molecular weight is 387 g/mol. The van der Waals surface area contributed by atoms with Crippen molar-refractivity contribution < 1.29 is 14.2 Å². The van der Waals surface area contributed by atoms with E-state index in [1.807, 2.05) is 36.4 Å². The molecular formula is C21H23ClN2O3. The van der Waals surface area contributed by atoms with E-state index in [2.05, 4.69) is 11.9 Å². The molecule has 6 heteroatoms. The third kappa shape index (κ3) is 3.21. The number of hydrogen-bond acceptors (Lipinski definition) is 5. The molecule has 0 radical (unpaired) electrons. The van der Waals surface area contributed by atoms with Crippen LogP contribution in [0.25, 0.3) is 0 Å². The van der Waals surface area contributed by atoms with Crippen LogP contribution >= 0.6 is 11.6 Å². The summed E-state index contributed by atoms with van der Waals surface area (Å²) in [4.78, 5) is 0. The molecule has 0 spiro atoms. The second-order valence-corrected chi connectivity index (χ2v) is 7.20. The number of ether oxygens (including phenoxy) is 3. The molecule has 0 unspecified atom stereocenters. The molecule has 2 heterocycles. The second-order valence-electron chi connectivity index (χ2n) is 6.76. The standard InChI is InChI=1S/C21H23ClN2O3/c1-4-5-21-24-17(15-11-14(22)7-9-18(15)27-21)12-16(23-24)13-6-8-19(25-2)20(10-13)26-3/h6-11,17,21H,4-5,12H2,1-3H3/t17-,21+/m0/s1. The van der Waals surface area contributed by atoms with Crippen molar-refractivity contribution in [2.24, 2.45) is 5.10 Å². The zero-order chi connectivity index (χ0) is 19.0. The fourth-order valence-corrected chi connectivity index (χ4v) is 3.94. The van der Waals surface area contributed by atoms with Gasteiger partial charge in [-0.1, -0.05) is 24.9 Å². The summed E-state index contributed by atoms with van der Waals surface area (Å²) in [6, 6.07) is 11.9. The van der Waals surface area contributed by atoms with Gasteiger partial charge < -0.3 is 14.2 Å². The highest BCUT2D eigenvalue weighted by molar-refractivity contribution is 6.30. The van der Waals surface area contributed by atoms with Crippen LogP contribution in [0.4, 0.5) is 0 Å². The molecule has 2 aliphatic heterocycles. The summed E-state index contributed by atoms with van der Waals surface area (Å²) in [6.07, 6.45) is 2.68. The Balaban J connectivity index is 1.71. The maximum Gasteiger partial charge on any atom is 0.187 e. The van der Waals surface area contributed by atoms with Crippen molar-refractivity contribution in [3.05, 3.63) is 52.5 Å². The first-order chi connectivity index (χ1) is 13.1. The van der Waals surface area contributed by atoms with E-state index in [1.54, 1.807) is 14.2 Å². The summed E-state index contributed by atoms with van der Waals surface area (Å²) in [7, 11) is 3.28. The number of rotatable bonds is 5. The summed E-state index contributed by atoms with van der Waals surface area (Å²) < 4.78 is 17.0. The van der Waals surface area contributed by atoms with Gasteiger partial charge in [0.15, 0.2) is 17.7 Å². The number of nitrogens with zero attached hydrogens (tertiary/aromatic N) is 2. The monoisotopic (exact) mass is 386 g/mol. The fraction of sp³-hybridized carbons (Fsp3) is 0.381. The van der Waals surface area contributed by atoms with Gasteiger partial charge in [-0.2, -0.15) is 5.10 Å². The molecule has 0 fully saturated rings. The highest BCUT2D eigenvalue weighted by Gasteiger charge is 2.40. The zero-order valence-corrected chi connectivity index (χ0v) is 16.5. The van der Waals surface area contributed by atoms with Gasteiger partial charge in [-0.05, 0) is 36.4 Å². The predicted octanol–water partition coefficient (Wildman–Crippen LogP) is 5.03. The lowest BCUT2D eigenvalue weighted by atomic mass is 9.96. The van der Waals surface area contributed by atoms with Gasteiger partial charge in [0.05, 0.1) is 26.0 Å². The third-order valence-corrected chi connectivity index (χ3v) is 5.32. The van der Waals surface area contributed by atoms with Gasteiger partial charge in [0.25, 0.3) is 0 Å². The van der Waals surface area contributed by atoms with E-state index in [1.165, 1.54) is 0 Å². The molecule has 2 aromatic carbocycles. The molecule has 0 N–H and O–H groups in total. The van der Waals surface area contributed by atoms with E-state index in [-0.39, 0.29) is 12.3 Å². The van der Waals surface area contributed by atoms with Gasteiger partial charge >= 0.3 is 0 Å². The Morgan fingerprint density at radius 3 is 2.70 bits per heavy atom. The highest BCUT2D eigenvalue weighted by Crippen LogP contribution is 2.45. The van der Waals surface area contributed by atoms with Gasteiger partial charge in [0.2, 0.25) is 0 Å². The Hall–Kier alpha value is -2.40. The first-order valence-corrected chi connectivity index (χ1v) is 9.56. The topological polar surface area (TPSA) is 43.3 Å². The molecule has 0 saturated heterocycles. The number of hydrazone groups is 1. The zero-order valence-electron chi connectivity index (χ0n) is 15.7. The summed E-state index contributed by atoms with van der Waals surface area (Å²) in [6.45, 7) is 2.16. The molecule has 0 aliphatic carbocycles. The number of fused-ring (bicyclic) bond motifs is 3. The predicted molar refractivity (Wildman–Crippen MR) is 106 cm³/mol. The van der Waals surface area contributed by atoms with E-state index in [9.17, 15) is 0 Å². The SMILES string of the molecule is CCC[C@H]1Oc2ccc(Cl)cc2[C@@H]2CC(c3ccc(OC)c(OC)c3)=NN12. The molecule has 2 aliphatic rings. The molecule has 2 aromatic rings. The van der Waals surface area contributed by atoms with Gasteiger partial charge in [0.1, 0.15) is 5.75 Å². The highest BCUT2D eigenvalue weighted by atomic mass is 35.5. The molecule has 0 saturated carbocycles. The lowest BCUT2D eigenvalue weighted by Gasteiger charge is -2.38. The number of hydrogen-bond donors (Lipinski definition) is 0. The Bertz CT molecular complexity index is 884. The van der Waals surface area contributed by atoms with E-state index in [0.29, 0.717) is 16.5 Å². The smallest absolute Gasteiger partial charge is 0.187 e. The van der Waals surface area contributed by atoms with Crippen LogP contribution in [0.5, 0.6) is 17.2 Å². The first kappa shape index (κ1) is 18.0. The molecule has 27 heavy (non-hydrogen) atoms. The summed E-state index contributed by atoms with van der Waals surface area (Å²) in [5.74, 6) is 2.32. The van der Waals surface area contributed by atoms with Crippen molar-refractivity contribution in [1.82, 2.24) is 5.01 Å². The van der Waals surface area contributed by atoms with Crippen molar-refractivity contribution in [3.63, 3.8) is 0 Å². The van der Waals surface area contributed by atoms with Crippen molar-refractivity contribution in [1.29, 1.82) is 0 Å². The molecule has 4 rings (SSSR count). The van der Waals surface area contributed by atoms with Crippen LogP contribution in [0, 0.1) is 0 Å². The van der Waals surface area contributed by atoms with E-state index < -0.39 is 0 Å². The van der Waals surface area contributed by atoms with Crippen LogP contribution in [0.2, 0.25) is 5.02 Å². The molecule has 142 valence electrons. The maximum absolute atomic E-state index is 6.25. The van der Waals surface area contributed by atoms with Crippen LogP contribution in [0.15, 0.2) is 41.5 Å². The van der Waals surface area contributed by atoms with Crippen LogP contribution in [0.3, 0.4) is 0 Å². The molecule has 0 bridgehead atoms. The van der Waals surface area contributed by atoms with Crippen LogP contribution in [-0.4, -0.2) is 31.2 Å². The maximum atomic E-state index is 6.25. The first-order valence-electron chi connectivity index (χ1n) is 9.19. The Kier molecular flexibility index (Phi) is 4.87. The van der Waals surface area contributed by atoms with Gasteiger partial charge in [-0.3, -0.25) is 5.01 Å². The lowest BCUT2D eigenvalue weighted by Crippen LogP contribution is -2.40. The molecule has 0 amide bonds.